The number of hydrogen-bond acceptors (Lipinski definition) is 4. The van der Waals surface area contributed by atoms with Gasteiger partial charge in [-0.3, -0.25) is 9.05 Å². The molecule has 0 aromatic heterocycles. The van der Waals surface area contributed by atoms with Gasteiger partial charge in [0.2, 0.25) is 0 Å². The average molecular weight is 269 g/mol. The van der Waals surface area contributed by atoms with E-state index in [0.717, 1.165) is 0 Å². The zero-order valence-corrected chi connectivity index (χ0v) is 13.0. The minimum Gasteiger partial charge on any atom is -0.516 e. The Morgan fingerprint density at radius 3 is 1.27 bits per heavy atom. The van der Waals surface area contributed by atoms with E-state index >= 15 is 0 Å². The zero-order chi connectivity index (χ0) is 12.3. The summed E-state index contributed by atoms with van der Waals surface area (Å²) in [5.74, 6) is 0. The minimum absolute atomic E-state index is 0.0773. The molecule has 0 aromatic rings. The first-order valence-electron chi connectivity index (χ1n) is 5.01. The summed E-state index contributed by atoms with van der Waals surface area (Å²) in [5, 5.41) is 0. The lowest BCUT2D eigenvalue weighted by Crippen LogP contribution is -2.18. The van der Waals surface area contributed by atoms with Gasteiger partial charge in [-0.05, 0) is 10.8 Å². The maximum absolute atomic E-state index is 5.51. The smallest absolute Gasteiger partial charge is 0.0940 e. The molecule has 0 atom stereocenters. The van der Waals surface area contributed by atoms with Crippen molar-refractivity contribution < 1.29 is 9.05 Å². The van der Waals surface area contributed by atoms with Gasteiger partial charge in [0.05, 0.1) is 13.2 Å². The summed E-state index contributed by atoms with van der Waals surface area (Å²) in [6.45, 7) is 13.6. The third-order valence-electron chi connectivity index (χ3n) is 1.31. The second kappa shape index (κ2) is 5.59. The van der Waals surface area contributed by atoms with Crippen molar-refractivity contribution in [3.63, 3.8) is 0 Å². The monoisotopic (exact) mass is 269 g/mol. The lowest BCUT2D eigenvalue weighted by Gasteiger charge is -2.38. The summed E-state index contributed by atoms with van der Waals surface area (Å²) < 4.78 is 11.0. The van der Waals surface area contributed by atoms with Gasteiger partial charge in [0.15, 0.2) is 0 Å². The maximum atomic E-state index is 5.51. The fourth-order valence-electron chi connectivity index (χ4n) is 0.583. The van der Waals surface area contributed by atoms with Gasteiger partial charge in [0.1, 0.15) is 0 Å². The highest BCUT2D eigenvalue weighted by Crippen LogP contribution is 2.58. The van der Waals surface area contributed by atoms with Crippen LogP contribution in [-0.4, -0.2) is 13.2 Å². The second-order valence-electron chi connectivity index (χ2n) is 6.12. The summed E-state index contributed by atoms with van der Waals surface area (Å²) in [4.78, 5) is 0. The van der Waals surface area contributed by atoms with Crippen LogP contribution < -0.4 is 0 Å². The molecule has 2 nitrogen and oxygen atoms in total. The molecule has 0 amide bonds. The van der Waals surface area contributed by atoms with E-state index in [2.05, 4.69) is 41.5 Å². The Morgan fingerprint density at radius 2 is 1.07 bits per heavy atom. The summed E-state index contributed by atoms with van der Waals surface area (Å²) in [5.41, 5.74) is 0.155. The molecule has 0 aliphatic heterocycles. The predicted molar refractivity (Wildman–Crippen MR) is 72.5 cm³/mol. The molecule has 0 rings (SSSR count). The molecular weight excluding hydrogens is 247 g/mol. The molecule has 0 saturated carbocycles. The molecule has 0 saturated heterocycles. The van der Waals surface area contributed by atoms with Crippen molar-refractivity contribution in [2.45, 2.75) is 41.5 Å². The highest BCUT2D eigenvalue weighted by Gasteiger charge is 2.21. The summed E-state index contributed by atoms with van der Waals surface area (Å²) in [6.07, 6.45) is -2.47. The highest BCUT2D eigenvalue weighted by atomic mass is 33.1. The molecule has 92 valence electrons. The van der Waals surface area contributed by atoms with Crippen molar-refractivity contribution in [3.8, 4) is 0 Å². The number of hydrogen-bond donors (Lipinski definition) is 0. The van der Waals surface area contributed by atoms with Gasteiger partial charge in [-0.2, -0.15) is 0 Å². The topological polar surface area (TPSA) is 18.5 Å². The standard InChI is InChI=1S/C10H23O2PS2/c1-9(2,3)7-11-13(14,15)12-8-10(4,5)6/h7-8H2,1-6H3,(H,14,15)/p-1. The van der Waals surface area contributed by atoms with Crippen LogP contribution in [0.2, 0.25) is 0 Å². The fourth-order valence-corrected chi connectivity index (χ4v) is 2.38. The molecule has 0 N–H and O–H groups in total. The van der Waals surface area contributed by atoms with E-state index < -0.39 is 6.12 Å². The Labute approximate surface area is 105 Å². The van der Waals surface area contributed by atoms with Crippen molar-refractivity contribution in [3.05, 3.63) is 0 Å². The van der Waals surface area contributed by atoms with Gasteiger partial charge in [0.25, 0.3) is 0 Å². The van der Waals surface area contributed by atoms with E-state index in [4.69, 9.17) is 33.5 Å². The minimum atomic E-state index is -2.47. The predicted octanol–water partition coefficient (Wildman–Crippen LogP) is 3.88. The molecule has 0 spiro atoms. The lowest BCUT2D eigenvalue weighted by molar-refractivity contribution is 0.154. The summed E-state index contributed by atoms with van der Waals surface area (Å²) in [7, 11) is 0. The Kier molecular flexibility index (Phi) is 5.98. The van der Waals surface area contributed by atoms with Gasteiger partial charge in [-0.15, -0.1) is 0 Å². The average Bonchev–Trinajstić information content (AvgIpc) is 1.96. The van der Waals surface area contributed by atoms with Crippen LogP contribution in [0.1, 0.15) is 41.5 Å². The largest absolute Gasteiger partial charge is 0.516 e. The van der Waals surface area contributed by atoms with E-state index in [1.54, 1.807) is 0 Å². The van der Waals surface area contributed by atoms with Crippen LogP contribution in [0.5, 0.6) is 0 Å². The Hall–Kier alpha value is 1.05. The molecular formula is C10H22O2PS2-. The van der Waals surface area contributed by atoms with Gasteiger partial charge < -0.3 is 24.5 Å². The molecule has 0 aliphatic rings. The van der Waals surface area contributed by atoms with Crippen molar-refractivity contribution in [2.24, 2.45) is 10.8 Å². The quantitative estimate of drug-likeness (QED) is 0.569. The fraction of sp³-hybridized carbons (Fsp3) is 1.00. The van der Waals surface area contributed by atoms with Gasteiger partial charge >= 0.3 is 0 Å². The first-order valence-corrected chi connectivity index (χ1v) is 8.67. The van der Waals surface area contributed by atoms with Crippen molar-refractivity contribution >= 4 is 30.6 Å². The van der Waals surface area contributed by atoms with E-state index in [9.17, 15) is 0 Å². The van der Waals surface area contributed by atoms with Crippen LogP contribution in [0, 0.1) is 10.8 Å². The highest BCUT2D eigenvalue weighted by molar-refractivity contribution is 8.70. The van der Waals surface area contributed by atoms with Gasteiger partial charge in [-0.25, -0.2) is 0 Å². The molecule has 0 unspecified atom stereocenters. The van der Waals surface area contributed by atoms with E-state index in [1.807, 2.05) is 0 Å². The molecule has 0 aromatic carbocycles. The molecule has 0 bridgehead atoms. The van der Waals surface area contributed by atoms with E-state index in [1.165, 1.54) is 0 Å². The first kappa shape index (κ1) is 16.1. The Morgan fingerprint density at radius 1 is 0.800 bits per heavy atom. The van der Waals surface area contributed by atoms with Crippen LogP contribution in [0.15, 0.2) is 0 Å². The van der Waals surface area contributed by atoms with Crippen LogP contribution in [0.4, 0.5) is 0 Å². The second-order valence-corrected chi connectivity index (χ2v) is 11.1. The maximum Gasteiger partial charge on any atom is 0.0940 e. The van der Waals surface area contributed by atoms with Crippen molar-refractivity contribution in [2.75, 3.05) is 13.2 Å². The zero-order valence-electron chi connectivity index (χ0n) is 10.5. The lowest BCUT2D eigenvalue weighted by atomic mass is 9.99. The molecule has 0 heterocycles. The van der Waals surface area contributed by atoms with E-state index in [-0.39, 0.29) is 10.8 Å². The first-order chi connectivity index (χ1) is 6.41. The Balaban J connectivity index is 3.98. The molecule has 5 heteroatoms. The van der Waals surface area contributed by atoms with Crippen LogP contribution in [-0.2, 0) is 33.5 Å². The number of rotatable bonds is 4. The van der Waals surface area contributed by atoms with E-state index in [0.29, 0.717) is 13.2 Å². The SMILES string of the molecule is CC(C)(C)CO[P+]([S-])([S-])OCC(C)(C)C. The third-order valence-corrected chi connectivity index (χ3v) is 3.47. The van der Waals surface area contributed by atoms with Gasteiger partial charge in [-0.1, -0.05) is 41.5 Å². The summed E-state index contributed by atoms with van der Waals surface area (Å²) >= 11 is 10.3. The summed E-state index contributed by atoms with van der Waals surface area (Å²) in [6, 6.07) is 0. The molecule has 0 aliphatic carbocycles. The molecule has 15 heavy (non-hydrogen) atoms. The molecule has 0 radical (unpaired) electrons. The van der Waals surface area contributed by atoms with Crippen LogP contribution >= 0.6 is 6.12 Å². The Bertz CT molecular complexity index is 175. The van der Waals surface area contributed by atoms with Crippen molar-refractivity contribution in [1.29, 1.82) is 0 Å². The normalized spacial score (nSPS) is 14.4. The molecule has 0 fully saturated rings. The third kappa shape index (κ3) is 11.3. The van der Waals surface area contributed by atoms with Crippen LogP contribution in [0.3, 0.4) is 0 Å². The van der Waals surface area contributed by atoms with Crippen LogP contribution in [0.25, 0.3) is 0 Å². The van der Waals surface area contributed by atoms with Crippen molar-refractivity contribution in [1.82, 2.24) is 0 Å². The van der Waals surface area contributed by atoms with Gasteiger partial charge in [0, 0.05) is 6.12 Å².